The van der Waals surface area contributed by atoms with E-state index in [-0.39, 0.29) is 17.6 Å². The van der Waals surface area contributed by atoms with Gasteiger partial charge in [-0.05, 0) is 49.7 Å². The zero-order chi connectivity index (χ0) is 12.8. The average Bonchev–Trinajstić information content (AvgIpc) is 2.93. The Balaban J connectivity index is 1.93. The van der Waals surface area contributed by atoms with Crippen LogP contribution >= 0.6 is 0 Å². The van der Waals surface area contributed by atoms with Crippen molar-refractivity contribution < 1.29 is 9.18 Å². The number of fused-ring (bicyclic) bond motifs is 2. The van der Waals surface area contributed by atoms with Crippen LogP contribution in [0.3, 0.4) is 0 Å². The van der Waals surface area contributed by atoms with Crippen LogP contribution in [0, 0.1) is 17.7 Å². The van der Waals surface area contributed by atoms with E-state index < -0.39 is 5.54 Å². The lowest BCUT2D eigenvalue weighted by Crippen LogP contribution is -2.54. The molecule has 0 heterocycles. The second-order valence-electron chi connectivity index (χ2n) is 5.52. The molecule has 0 aromatic heterocycles. The number of para-hydroxylation sites is 1. The van der Waals surface area contributed by atoms with Crippen LogP contribution in [-0.2, 0) is 4.79 Å². The monoisotopic (exact) mass is 248 g/mol. The van der Waals surface area contributed by atoms with Gasteiger partial charge in [-0.2, -0.15) is 0 Å². The van der Waals surface area contributed by atoms with Gasteiger partial charge in [-0.1, -0.05) is 12.1 Å². The molecule has 4 heteroatoms. The Morgan fingerprint density at radius 3 is 2.72 bits per heavy atom. The first kappa shape index (κ1) is 11.5. The first-order chi connectivity index (χ1) is 8.62. The Morgan fingerprint density at radius 2 is 2.17 bits per heavy atom. The van der Waals surface area contributed by atoms with Crippen molar-refractivity contribution in [2.75, 3.05) is 5.32 Å². The fourth-order valence-electron chi connectivity index (χ4n) is 3.65. The third-order valence-corrected chi connectivity index (χ3v) is 4.52. The summed E-state index contributed by atoms with van der Waals surface area (Å²) < 4.78 is 13.7. The van der Waals surface area contributed by atoms with E-state index in [0.717, 1.165) is 19.3 Å². The predicted molar refractivity (Wildman–Crippen MR) is 67.4 cm³/mol. The van der Waals surface area contributed by atoms with E-state index in [2.05, 4.69) is 5.32 Å². The molecule has 0 radical (unpaired) electrons. The smallest absolute Gasteiger partial charge is 0.243 e. The van der Waals surface area contributed by atoms with Crippen molar-refractivity contribution >= 4 is 11.6 Å². The van der Waals surface area contributed by atoms with Gasteiger partial charge in [-0.25, -0.2) is 4.39 Å². The SMILES string of the molecule is NC(=O)C1(Nc2ccccc2F)CC2CCC1C2. The van der Waals surface area contributed by atoms with Gasteiger partial charge < -0.3 is 11.1 Å². The number of nitrogens with one attached hydrogen (secondary N) is 1. The van der Waals surface area contributed by atoms with Crippen LogP contribution in [0.5, 0.6) is 0 Å². The summed E-state index contributed by atoms with van der Waals surface area (Å²) in [6.45, 7) is 0. The molecule has 3 nitrogen and oxygen atoms in total. The third kappa shape index (κ3) is 1.59. The van der Waals surface area contributed by atoms with Crippen LogP contribution in [0.2, 0.25) is 0 Å². The molecule has 0 aliphatic heterocycles. The summed E-state index contributed by atoms with van der Waals surface area (Å²) in [5.74, 6) is 0.125. The number of hydrogen-bond acceptors (Lipinski definition) is 2. The van der Waals surface area contributed by atoms with E-state index in [1.807, 2.05) is 0 Å². The summed E-state index contributed by atoms with van der Waals surface area (Å²) in [6.07, 6.45) is 3.94. The van der Waals surface area contributed by atoms with Crippen molar-refractivity contribution in [1.82, 2.24) is 0 Å². The molecule has 3 unspecified atom stereocenters. The van der Waals surface area contributed by atoms with E-state index in [9.17, 15) is 9.18 Å². The summed E-state index contributed by atoms with van der Waals surface area (Å²) in [5, 5.41) is 3.10. The molecule has 1 aromatic rings. The van der Waals surface area contributed by atoms with E-state index in [4.69, 9.17) is 5.73 Å². The fraction of sp³-hybridized carbons (Fsp3) is 0.500. The number of carbonyl (C=O) groups is 1. The van der Waals surface area contributed by atoms with Gasteiger partial charge in [0.05, 0.1) is 5.69 Å². The second kappa shape index (κ2) is 3.97. The van der Waals surface area contributed by atoms with Gasteiger partial charge in [0.1, 0.15) is 11.4 Å². The standard InChI is InChI=1S/C14H17FN2O/c15-11-3-1-2-4-12(11)17-14(13(16)18)8-9-5-6-10(14)7-9/h1-4,9-10,17H,5-8H2,(H2,16,18). The van der Waals surface area contributed by atoms with Gasteiger partial charge in [-0.3, -0.25) is 4.79 Å². The van der Waals surface area contributed by atoms with Crippen molar-refractivity contribution in [2.45, 2.75) is 31.2 Å². The quantitative estimate of drug-likeness (QED) is 0.862. The minimum Gasteiger partial charge on any atom is -0.369 e. The Hall–Kier alpha value is -1.58. The zero-order valence-corrected chi connectivity index (χ0v) is 10.2. The highest BCUT2D eigenvalue weighted by Gasteiger charge is 2.55. The Morgan fingerprint density at radius 1 is 1.39 bits per heavy atom. The van der Waals surface area contributed by atoms with Gasteiger partial charge in [0.15, 0.2) is 0 Å². The molecule has 1 aromatic carbocycles. The number of amides is 1. The number of benzene rings is 1. The lowest BCUT2D eigenvalue weighted by atomic mass is 9.80. The van der Waals surface area contributed by atoms with Crippen molar-refractivity contribution in [3.05, 3.63) is 30.1 Å². The van der Waals surface area contributed by atoms with Crippen LogP contribution in [0.1, 0.15) is 25.7 Å². The molecule has 2 bridgehead atoms. The first-order valence-electron chi connectivity index (χ1n) is 6.44. The number of carbonyl (C=O) groups excluding carboxylic acids is 1. The summed E-state index contributed by atoms with van der Waals surface area (Å²) in [5.41, 5.74) is 5.23. The number of primary amides is 1. The zero-order valence-electron chi connectivity index (χ0n) is 10.2. The first-order valence-corrected chi connectivity index (χ1v) is 6.44. The lowest BCUT2D eigenvalue weighted by Gasteiger charge is -2.36. The summed E-state index contributed by atoms with van der Waals surface area (Å²) >= 11 is 0. The molecule has 3 atom stereocenters. The molecule has 2 saturated carbocycles. The molecule has 18 heavy (non-hydrogen) atoms. The largest absolute Gasteiger partial charge is 0.369 e. The molecule has 2 fully saturated rings. The van der Waals surface area contributed by atoms with E-state index in [1.54, 1.807) is 18.2 Å². The molecule has 2 aliphatic rings. The van der Waals surface area contributed by atoms with Crippen LogP contribution < -0.4 is 11.1 Å². The number of halogens is 1. The fourth-order valence-corrected chi connectivity index (χ4v) is 3.65. The molecule has 3 N–H and O–H groups in total. The molecule has 1 amide bonds. The minimum atomic E-state index is -0.745. The highest BCUT2D eigenvalue weighted by molar-refractivity contribution is 5.89. The molecule has 96 valence electrons. The topological polar surface area (TPSA) is 55.1 Å². The maximum atomic E-state index is 13.7. The van der Waals surface area contributed by atoms with Crippen LogP contribution in [0.25, 0.3) is 0 Å². The molecule has 0 spiro atoms. The lowest BCUT2D eigenvalue weighted by molar-refractivity contribution is -0.123. The van der Waals surface area contributed by atoms with Crippen molar-refractivity contribution in [1.29, 1.82) is 0 Å². The second-order valence-corrected chi connectivity index (χ2v) is 5.52. The van der Waals surface area contributed by atoms with Crippen LogP contribution in [-0.4, -0.2) is 11.4 Å². The highest BCUT2D eigenvalue weighted by Crippen LogP contribution is 2.52. The molecular weight excluding hydrogens is 231 g/mol. The molecule has 0 saturated heterocycles. The number of hydrogen-bond donors (Lipinski definition) is 2. The molecule has 2 aliphatic carbocycles. The Kier molecular flexibility index (Phi) is 2.54. The van der Waals surface area contributed by atoms with Gasteiger partial charge in [0, 0.05) is 0 Å². The third-order valence-electron chi connectivity index (χ3n) is 4.52. The Bertz CT molecular complexity index is 490. The summed E-state index contributed by atoms with van der Waals surface area (Å²) in [4.78, 5) is 11.9. The molecular formula is C14H17FN2O. The maximum absolute atomic E-state index is 13.7. The summed E-state index contributed by atoms with van der Waals surface area (Å²) in [6, 6.07) is 6.45. The van der Waals surface area contributed by atoms with Crippen LogP contribution in [0.4, 0.5) is 10.1 Å². The van der Waals surface area contributed by atoms with Crippen molar-refractivity contribution in [3.63, 3.8) is 0 Å². The van der Waals surface area contributed by atoms with E-state index in [0.29, 0.717) is 11.6 Å². The summed E-state index contributed by atoms with van der Waals surface area (Å²) in [7, 11) is 0. The normalized spacial score (nSPS) is 33.6. The number of rotatable bonds is 3. The average molecular weight is 248 g/mol. The van der Waals surface area contributed by atoms with Gasteiger partial charge >= 0.3 is 0 Å². The molecule has 3 rings (SSSR count). The number of nitrogens with two attached hydrogens (primary N) is 1. The highest BCUT2D eigenvalue weighted by atomic mass is 19.1. The van der Waals surface area contributed by atoms with Crippen molar-refractivity contribution in [2.24, 2.45) is 17.6 Å². The van der Waals surface area contributed by atoms with E-state index >= 15 is 0 Å². The van der Waals surface area contributed by atoms with E-state index in [1.165, 1.54) is 12.5 Å². The van der Waals surface area contributed by atoms with Gasteiger partial charge in [0.2, 0.25) is 5.91 Å². The van der Waals surface area contributed by atoms with Gasteiger partial charge in [-0.15, -0.1) is 0 Å². The van der Waals surface area contributed by atoms with Crippen molar-refractivity contribution in [3.8, 4) is 0 Å². The van der Waals surface area contributed by atoms with Gasteiger partial charge in [0.25, 0.3) is 0 Å². The maximum Gasteiger partial charge on any atom is 0.243 e. The van der Waals surface area contributed by atoms with Crippen LogP contribution in [0.15, 0.2) is 24.3 Å². The number of anilines is 1. The minimum absolute atomic E-state index is 0.250. The Labute approximate surface area is 106 Å². The predicted octanol–water partition coefficient (Wildman–Crippen LogP) is 2.28.